The van der Waals surface area contributed by atoms with Crippen molar-refractivity contribution in [3.8, 4) is 0 Å². The molecule has 0 bridgehead atoms. The molecule has 0 aromatic heterocycles. The van der Waals surface area contributed by atoms with E-state index in [4.69, 9.17) is 10.5 Å². The van der Waals surface area contributed by atoms with Crippen molar-refractivity contribution in [3.63, 3.8) is 0 Å². The van der Waals surface area contributed by atoms with Crippen LogP contribution in [0.25, 0.3) is 0 Å². The Labute approximate surface area is 129 Å². The third-order valence-electron chi connectivity index (χ3n) is 4.60. The van der Waals surface area contributed by atoms with Gasteiger partial charge in [0.15, 0.2) is 0 Å². The summed E-state index contributed by atoms with van der Waals surface area (Å²) >= 11 is 0. The van der Waals surface area contributed by atoms with Gasteiger partial charge in [0.25, 0.3) is 0 Å². The van der Waals surface area contributed by atoms with Gasteiger partial charge in [-0.1, -0.05) is 0 Å². The molecule has 3 atom stereocenters. The number of unbranched alkanes of at least 4 members (excludes halogenated alkanes) is 1. The van der Waals surface area contributed by atoms with Crippen LogP contribution in [0.2, 0.25) is 0 Å². The number of ether oxygens (including phenoxy) is 1. The second-order valence-electron chi connectivity index (χ2n) is 6.72. The normalized spacial score (nSPS) is 27.3. The minimum Gasteiger partial charge on any atom is -0.465 e. The summed E-state index contributed by atoms with van der Waals surface area (Å²) in [5.74, 6) is -0.285. The highest BCUT2D eigenvalue weighted by Crippen LogP contribution is 2.16. The maximum absolute atomic E-state index is 11.7. The number of esters is 1. The Morgan fingerprint density at radius 1 is 1.29 bits per heavy atom. The van der Waals surface area contributed by atoms with Gasteiger partial charge >= 0.3 is 5.97 Å². The molecule has 1 fully saturated rings. The second-order valence-corrected chi connectivity index (χ2v) is 6.72. The minimum atomic E-state index is -0.849. The molecular formula is C16H33N3O2. The van der Waals surface area contributed by atoms with Crippen LogP contribution in [0.5, 0.6) is 0 Å². The fourth-order valence-corrected chi connectivity index (χ4v) is 2.92. The van der Waals surface area contributed by atoms with E-state index in [1.807, 2.05) is 6.92 Å². The molecule has 1 heterocycles. The van der Waals surface area contributed by atoms with Crippen molar-refractivity contribution in [3.05, 3.63) is 0 Å². The van der Waals surface area contributed by atoms with Crippen molar-refractivity contribution in [2.45, 2.75) is 64.6 Å². The van der Waals surface area contributed by atoms with E-state index in [9.17, 15) is 4.79 Å². The van der Waals surface area contributed by atoms with Crippen LogP contribution < -0.4 is 5.73 Å². The number of hydrogen-bond donors (Lipinski definition) is 1. The van der Waals surface area contributed by atoms with E-state index < -0.39 is 5.54 Å². The number of piperazine rings is 1. The number of carbonyl (C=O) groups is 1. The van der Waals surface area contributed by atoms with Gasteiger partial charge < -0.3 is 15.4 Å². The standard InChI is InChI=1S/C16H33N3O2/c1-6-21-15(20)16(4,17)9-7-8-10-19-11-13(2)18(5)14(3)12-19/h13-14H,6-12,17H2,1-5H3. The first-order chi connectivity index (χ1) is 9.77. The summed E-state index contributed by atoms with van der Waals surface area (Å²) in [5, 5.41) is 0. The Balaban J connectivity index is 2.26. The lowest BCUT2D eigenvalue weighted by atomic mass is 9.96. The van der Waals surface area contributed by atoms with Crippen molar-refractivity contribution in [2.75, 3.05) is 33.3 Å². The summed E-state index contributed by atoms with van der Waals surface area (Å²) in [6.07, 6.45) is 2.72. The monoisotopic (exact) mass is 299 g/mol. The maximum Gasteiger partial charge on any atom is 0.325 e. The Kier molecular flexibility index (Phi) is 7.10. The quantitative estimate of drug-likeness (QED) is 0.570. The van der Waals surface area contributed by atoms with Gasteiger partial charge in [-0.3, -0.25) is 9.69 Å². The zero-order valence-electron chi connectivity index (χ0n) is 14.4. The second kappa shape index (κ2) is 8.11. The molecule has 1 aliphatic rings. The van der Waals surface area contributed by atoms with Gasteiger partial charge in [0.1, 0.15) is 5.54 Å². The summed E-state index contributed by atoms with van der Waals surface area (Å²) in [5.41, 5.74) is 5.18. The molecule has 1 rings (SSSR count). The number of hydrogen-bond acceptors (Lipinski definition) is 5. The zero-order chi connectivity index (χ0) is 16.0. The highest BCUT2D eigenvalue weighted by Gasteiger charge is 2.30. The van der Waals surface area contributed by atoms with Crippen LogP contribution in [0.15, 0.2) is 0 Å². The van der Waals surface area contributed by atoms with E-state index in [0.717, 1.165) is 32.5 Å². The fourth-order valence-electron chi connectivity index (χ4n) is 2.92. The summed E-state index contributed by atoms with van der Waals surface area (Å²) in [6, 6.07) is 1.21. The molecule has 124 valence electrons. The predicted molar refractivity (Wildman–Crippen MR) is 86.2 cm³/mol. The molecule has 0 amide bonds. The molecule has 0 aromatic rings. The van der Waals surface area contributed by atoms with Gasteiger partial charge in [-0.05, 0) is 60.5 Å². The average molecular weight is 299 g/mol. The number of nitrogens with two attached hydrogens (primary N) is 1. The summed E-state index contributed by atoms with van der Waals surface area (Å²) in [6.45, 7) is 11.9. The molecule has 0 aliphatic carbocycles. The lowest BCUT2D eigenvalue weighted by Crippen LogP contribution is -2.55. The van der Waals surface area contributed by atoms with Crippen molar-refractivity contribution in [1.82, 2.24) is 9.80 Å². The van der Waals surface area contributed by atoms with Gasteiger partial charge in [-0.2, -0.15) is 0 Å². The van der Waals surface area contributed by atoms with E-state index in [1.165, 1.54) is 0 Å². The Morgan fingerprint density at radius 2 is 1.86 bits per heavy atom. The largest absolute Gasteiger partial charge is 0.465 e. The average Bonchev–Trinajstić information content (AvgIpc) is 2.41. The van der Waals surface area contributed by atoms with E-state index in [1.54, 1.807) is 6.92 Å². The van der Waals surface area contributed by atoms with Crippen LogP contribution in [0.4, 0.5) is 0 Å². The fraction of sp³-hybridized carbons (Fsp3) is 0.938. The molecule has 21 heavy (non-hydrogen) atoms. The summed E-state index contributed by atoms with van der Waals surface area (Å²) < 4.78 is 5.01. The molecular weight excluding hydrogens is 266 g/mol. The Hall–Kier alpha value is -0.650. The van der Waals surface area contributed by atoms with E-state index in [2.05, 4.69) is 30.7 Å². The molecule has 0 radical (unpaired) electrons. The molecule has 1 saturated heterocycles. The predicted octanol–water partition coefficient (Wildman–Crippen LogP) is 1.46. The third-order valence-corrected chi connectivity index (χ3v) is 4.60. The molecule has 3 unspecified atom stereocenters. The van der Waals surface area contributed by atoms with Gasteiger partial charge in [0.2, 0.25) is 0 Å². The van der Waals surface area contributed by atoms with Crippen molar-refractivity contribution >= 4 is 5.97 Å². The first kappa shape index (κ1) is 18.4. The molecule has 5 nitrogen and oxygen atoms in total. The van der Waals surface area contributed by atoms with Gasteiger partial charge in [-0.25, -0.2) is 0 Å². The van der Waals surface area contributed by atoms with Crippen molar-refractivity contribution in [2.24, 2.45) is 5.73 Å². The van der Waals surface area contributed by atoms with Crippen LogP contribution in [0, 0.1) is 0 Å². The number of nitrogens with zero attached hydrogens (tertiary/aromatic N) is 2. The summed E-state index contributed by atoms with van der Waals surface area (Å²) in [7, 11) is 2.20. The lowest BCUT2D eigenvalue weighted by Gasteiger charge is -2.42. The topological polar surface area (TPSA) is 58.8 Å². The smallest absolute Gasteiger partial charge is 0.325 e. The van der Waals surface area contributed by atoms with Gasteiger partial charge in [0.05, 0.1) is 6.61 Å². The van der Waals surface area contributed by atoms with E-state index >= 15 is 0 Å². The lowest BCUT2D eigenvalue weighted by molar-refractivity contribution is -0.149. The number of rotatable bonds is 7. The Morgan fingerprint density at radius 3 is 2.38 bits per heavy atom. The molecule has 0 saturated carbocycles. The van der Waals surface area contributed by atoms with E-state index in [0.29, 0.717) is 25.1 Å². The van der Waals surface area contributed by atoms with Crippen molar-refractivity contribution < 1.29 is 9.53 Å². The molecule has 0 spiro atoms. The highest BCUT2D eigenvalue weighted by atomic mass is 16.5. The van der Waals surface area contributed by atoms with E-state index in [-0.39, 0.29) is 5.97 Å². The van der Waals surface area contributed by atoms with Gasteiger partial charge in [0, 0.05) is 25.2 Å². The molecule has 5 heteroatoms. The highest BCUT2D eigenvalue weighted by molar-refractivity contribution is 5.79. The molecule has 1 aliphatic heterocycles. The number of carbonyl (C=O) groups excluding carboxylic acids is 1. The molecule has 0 aromatic carbocycles. The van der Waals surface area contributed by atoms with Crippen LogP contribution in [0.3, 0.4) is 0 Å². The SMILES string of the molecule is CCOC(=O)C(C)(N)CCCCN1CC(C)N(C)C(C)C1. The maximum atomic E-state index is 11.7. The zero-order valence-corrected chi connectivity index (χ0v) is 14.4. The van der Waals surface area contributed by atoms with Crippen LogP contribution in [0.1, 0.15) is 47.0 Å². The first-order valence-corrected chi connectivity index (χ1v) is 8.18. The summed E-state index contributed by atoms with van der Waals surface area (Å²) in [4.78, 5) is 16.7. The molecule has 2 N–H and O–H groups in total. The first-order valence-electron chi connectivity index (χ1n) is 8.18. The van der Waals surface area contributed by atoms with Crippen LogP contribution >= 0.6 is 0 Å². The number of likely N-dealkylation sites (N-methyl/N-ethyl adjacent to an activating group) is 1. The minimum absolute atomic E-state index is 0.285. The van der Waals surface area contributed by atoms with Gasteiger partial charge in [-0.15, -0.1) is 0 Å². The third kappa shape index (κ3) is 5.57. The van der Waals surface area contributed by atoms with Crippen LogP contribution in [-0.4, -0.2) is 66.7 Å². The Bertz CT molecular complexity index is 321. The van der Waals surface area contributed by atoms with Crippen molar-refractivity contribution in [1.29, 1.82) is 0 Å². The van der Waals surface area contributed by atoms with Crippen LogP contribution in [-0.2, 0) is 9.53 Å².